The number of rotatable bonds is 1. The van der Waals surface area contributed by atoms with E-state index < -0.39 is 0 Å². The molecule has 2 aliphatic rings. The number of carbonyl (C=O) groups excluding carboxylic acids is 1. The third-order valence-electron chi connectivity index (χ3n) is 4.78. The fourth-order valence-electron chi connectivity index (χ4n) is 3.59. The van der Waals surface area contributed by atoms with Gasteiger partial charge in [-0.15, -0.1) is 12.4 Å². The van der Waals surface area contributed by atoms with Crippen LogP contribution >= 0.6 is 12.4 Å². The molecule has 1 atom stereocenters. The maximum Gasteiger partial charge on any atom is 0.233 e. The molecule has 1 amide bonds. The van der Waals surface area contributed by atoms with Gasteiger partial charge in [0.15, 0.2) is 0 Å². The van der Waals surface area contributed by atoms with Crippen LogP contribution in [-0.2, 0) is 17.6 Å². The molecule has 0 saturated heterocycles. The van der Waals surface area contributed by atoms with Gasteiger partial charge in [-0.25, -0.2) is 0 Å². The molecule has 2 aromatic carbocycles. The first-order valence-electron chi connectivity index (χ1n) is 8.13. The van der Waals surface area contributed by atoms with Gasteiger partial charge in [-0.1, -0.05) is 24.3 Å². The van der Waals surface area contributed by atoms with Crippen molar-refractivity contribution in [2.24, 2.45) is 5.92 Å². The number of hydrogen-bond donors (Lipinski definition) is 1. The van der Waals surface area contributed by atoms with Gasteiger partial charge >= 0.3 is 0 Å². The highest BCUT2D eigenvalue weighted by molar-refractivity contribution is 5.97. The number of para-hydroxylation sites is 1. The summed E-state index contributed by atoms with van der Waals surface area (Å²) in [5.41, 5.74) is 10.1. The third kappa shape index (κ3) is 2.82. The fraction of sp³-hybridized carbons (Fsp3) is 0.316. The van der Waals surface area contributed by atoms with E-state index in [1.807, 2.05) is 47.4 Å². The SMILES string of the molecule is Cl.Nc1cccc2c1CCCN2C(=O)C1COc2ccccc2C1. The number of hydrogen-bond acceptors (Lipinski definition) is 3. The molecule has 0 spiro atoms. The molecule has 126 valence electrons. The first-order valence-corrected chi connectivity index (χ1v) is 8.13. The predicted octanol–water partition coefficient (Wildman–Crippen LogP) is 3.22. The van der Waals surface area contributed by atoms with Crippen LogP contribution in [0.15, 0.2) is 42.5 Å². The molecule has 4 nitrogen and oxygen atoms in total. The zero-order valence-corrected chi connectivity index (χ0v) is 14.2. The summed E-state index contributed by atoms with van der Waals surface area (Å²) < 4.78 is 5.79. The Balaban J connectivity index is 0.00000169. The molecular weight excluding hydrogens is 324 g/mol. The van der Waals surface area contributed by atoms with E-state index >= 15 is 0 Å². The number of carbonyl (C=O) groups is 1. The molecule has 2 heterocycles. The number of nitrogens with zero attached hydrogens (tertiary/aromatic N) is 1. The van der Waals surface area contributed by atoms with Crippen LogP contribution < -0.4 is 15.4 Å². The number of benzene rings is 2. The molecule has 2 aliphatic heterocycles. The van der Waals surface area contributed by atoms with Crippen LogP contribution in [0.1, 0.15) is 17.5 Å². The predicted molar refractivity (Wildman–Crippen MR) is 97.9 cm³/mol. The number of fused-ring (bicyclic) bond motifs is 2. The molecule has 4 rings (SSSR count). The topological polar surface area (TPSA) is 55.6 Å². The van der Waals surface area contributed by atoms with Crippen LogP contribution in [0.4, 0.5) is 11.4 Å². The molecule has 0 fully saturated rings. The Morgan fingerprint density at radius 2 is 2.00 bits per heavy atom. The van der Waals surface area contributed by atoms with Crippen molar-refractivity contribution >= 4 is 29.7 Å². The van der Waals surface area contributed by atoms with Gasteiger partial charge in [0.2, 0.25) is 5.91 Å². The van der Waals surface area contributed by atoms with Gasteiger partial charge in [0.25, 0.3) is 0 Å². The van der Waals surface area contributed by atoms with Crippen LogP contribution in [0.3, 0.4) is 0 Å². The van der Waals surface area contributed by atoms with Gasteiger partial charge in [-0.3, -0.25) is 4.79 Å². The van der Waals surface area contributed by atoms with E-state index in [9.17, 15) is 4.79 Å². The first kappa shape index (κ1) is 16.7. The highest BCUT2D eigenvalue weighted by atomic mass is 35.5. The lowest BCUT2D eigenvalue weighted by molar-refractivity contribution is -0.123. The van der Waals surface area contributed by atoms with Gasteiger partial charge in [0, 0.05) is 17.9 Å². The normalized spacial score (nSPS) is 18.7. The maximum atomic E-state index is 13.0. The molecule has 2 aromatic rings. The molecule has 1 unspecified atom stereocenters. The Morgan fingerprint density at radius 3 is 2.88 bits per heavy atom. The summed E-state index contributed by atoms with van der Waals surface area (Å²) >= 11 is 0. The van der Waals surface area contributed by atoms with Crippen molar-refractivity contribution in [1.82, 2.24) is 0 Å². The van der Waals surface area contributed by atoms with E-state index in [1.54, 1.807) is 0 Å². The highest BCUT2D eigenvalue weighted by Gasteiger charge is 2.32. The molecular formula is C19H21ClN2O2. The molecule has 0 bridgehead atoms. The van der Waals surface area contributed by atoms with Gasteiger partial charge in [-0.2, -0.15) is 0 Å². The first-order chi connectivity index (χ1) is 11.2. The second-order valence-corrected chi connectivity index (χ2v) is 6.26. The van der Waals surface area contributed by atoms with E-state index in [1.165, 1.54) is 0 Å². The fourth-order valence-corrected chi connectivity index (χ4v) is 3.59. The van der Waals surface area contributed by atoms with Crippen molar-refractivity contribution in [1.29, 1.82) is 0 Å². The zero-order chi connectivity index (χ0) is 15.8. The van der Waals surface area contributed by atoms with Gasteiger partial charge < -0.3 is 15.4 Å². The molecule has 0 aliphatic carbocycles. The summed E-state index contributed by atoms with van der Waals surface area (Å²) in [7, 11) is 0. The minimum absolute atomic E-state index is 0. The van der Waals surface area contributed by atoms with Crippen LogP contribution in [-0.4, -0.2) is 19.1 Å². The minimum atomic E-state index is -0.128. The summed E-state index contributed by atoms with van der Waals surface area (Å²) in [5.74, 6) is 0.920. The third-order valence-corrected chi connectivity index (χ3v) is 4.78. The van der Waals surface area contributed by atoms with Crippen LogP contribution in [0.2, 0.25) is 0 Å². The summed E-state index contributed by atoms with van der Waals surface area (Å²) in [4.78, 5) is 14.9. The van der Waals surface area contributed by atoms with E-state index in [-0.39, 0.29) is 24.2 Å². The number of amides is 1. The van der Waals surface area contributed by atoms with Crippen LogP contribution in [0.25, 0.3) is 0 Å². The standard InChI is InChI=1S/C19H20N2O2.ClH/c20-16-7-3-8-17-15(16)6-4-10-21(17)19(22)14-11-13-5-1-2-9-18(13)23-12-14;/h1-3,5,7-9,14H,4,6,10-12,20H2;1H. The average molecular weight is 345 g/mol. The Morgan fingerprint density at radius 1 is 1.17 bits per heavy atom. The quantitative estimate of drug-likeness (QED) is 0.808. The lowest BCUT2D eigenvalue weighted by Gasteiger charge is -2.34. The Hall–Kier alpha value is -2.20. The molecule has 24 heavy (non-hydrogen) atoms. The van der Waals surface area contributed by atoms with E-state index in [2.05, 4.69) is 0 Å². The number of halogens is 1. The number of nitrogen functional groups attached to an aromatic ring is 1. The number of anilines is 2. The summed E-state index contributed by atoms with van der Waals surface area (Å²) in [6.07, 6.45) is 2.63. The minimum Gasteiger partial charge on any atom is -0.492 e. The zero-order valence-electron chi connectivity index (χ0n) is 13.4. The molecule has 2 N–H and O–H groups in total. The maximum absolute atomic E-state index is 13.0. The highest BCUT2D eigenvalue weighted by Crippen LogP contribution is 2.34. The molecule has 5 heteroatoms. The largest absolute Gasteiger partial charge is 0.492 e. The van der Waals surface area contributed by atoms with Crippen LogP contribution in [0, 0.1) is 5.92 Å². The van der Waals surface area contributed by atoms with Crippen molar-refractivity contribution < 1.29 is 9.53 Å². The van der Waals surface area contributed by atoms with Crippen molar-refractivity contribution in [2.45, 2.75) is 19.3 Å². The number of ether oxygens (including phenoxy) is 1. The van der Waals surface area contributed by atoms with Gasteiger partial charge in [-0.05, 0) is 48.6 Å². The summed E-state index contributed by atoms with van der Waals surface area (Å²) in [5, 5.41) is 0. The lowest BCUT2D eigenvalue weighted by Crippen LogP contribution is -2.43. The Kier molecular flexibility index (Phi) is 4.67. The van der Waals surface area contributed by atoms with Crippen LogP contribution in [0.5, 0.6) is 5.75 Å². The lowest BCUT2D eigenvalue weighted by atomic mass is 9.93. The second kappa shape index (κ2) is 6.73. The summed E-state index contributed by atoms with van der Waals surface area (Å²) in [6.45, 7) is 1.21. The van der Waals surface area contributed by atoms with E-state index in [0.717, 1.165) is 54.1 Å². The van der Waals surface area contributed by atoms with E-state index in [0.29, 0.717) is 6.61 Å². The Bertz CT molecular complexity index is 763. The average Bonchev–Trinajstić information content (AvgIpc) is 2.61. The smallest absolute Gasteiger partial charge is 0.233 e. The second-order valence-electron chi connectivity index (χ2n) is 6.26. The van der Waals surface area contributed by atoms with Gasteiger partial charge in [0.05, 0.1) is 5.92 Å². The summed E-state index contributed by atoms with van der Waals surface area (Å²) in [6, 6.07) is 13.8. The number of nitrogens with two attached hydrogens (primary N) is 1. The van der Waals surface area contributed by atoms with E-state index in [4.69, 9.17) is 10.5 Å². The van der Waals surface area contributed by atoms with Crippen molar-refractivity contribution in [3.8, 4) is 5.75 Å². The monoisotopic (exact) mass is 344 g/mol. The van der Waals surface area contributed by atoms with Gasteiger partial charge in [0.1, 0.15) is 12.4 Å². The van der Waals surface area contributed by atoms with Crippen molar-refractivity contribution in [3.63, 3.8) is 0 Å². The molecule has 0 aromatic heterocycles. The molecule has 0 radical (unpaired) electrons. The Labute approximate surface area is 148 Å². The molecule has 0 saturated carbocycles. The van der Waals surface area contributed by atoms with Crippen molar-refractivity contribution in [3.05, 3.63) is 53.6 Å². The van der Waals surface area contributed by atoms with Crippen molar-refractivity contribution in [2.75, 3.05) is 23.8 Å².